The van der Waals surface area contributed by atoms with E-state index in [-0.39, 0.29) is 5.78 Å². The Balaban J connectivity index is 1.35. The summed E-state index contributed by atoms with van der Waals surface area (Å²) >= 11 is 1.82. The Labute approximate surface area is 230 Å². The average molecular weight is 530 g/mol. The monoisotopic (exact) mass is 529 g/mol. The Morgan fingerprint density at radius 1 is 1.03 bits per heavy atom. The van der Waals surface area contributed by atoms with E-state index in [0.717, 1.165) is 74.3 Å². The molecule has 2 aromatic carbocycles. The summed E-state index contributed by atoms with van der Waals surface area (Å²) in [7, 11) is 0. The van der Waals surface area contributed by atoms with Crippen molar-refractivity contribution in [3.8, 4) is 16.9 Å². The molecule has 3 aliphatic rings. The zero-order valence-electron chi connectivity index (χ0n) is 22.7. The molecule has 0 radical (unpaired) electrons. The predicted molar refractivity (Wildman–Crippen MR) is 154 cm³/mol. The fraction of sp³-hybridized carbons (Fsp3) is 0.500. The SMILES string of the molecule is CC1CCN(Cc2cccc(-n3nc(C(=O)CC4CCOCCC4C)c4c3-c3ccccc3SC4)c2)CC1. The van der Waals surface area contributed by atoms with Crippen molar-refractivity contribution in [3.05, 3.63) is 65.4 Å². The third-order valence-corrected chi connectivity index (χ3v) is 9.90. The van der Waals surface area contributed by atoms with Crippen molar-refractivity contribution in [1.82, 2.24) is 14.7 Å². The van der Waals surface area contributed by atoms with Crippen LogP contribution in [0.2, 0.25) is 0 Å². The lowest BCUT2D eigenvalue weighted by atomic mass is 9.84. The van der Waals surface area contributed by atoms with Crippen LogP contribution in [0.5, 0.6) is 0 Å². The molecular weight excluding hydrogens is 490 g/mol. The van der Waals surface area contributed by atoms with Crippen LogP contribution >= 0.6 is 11.8 Å². The quantitative estimate of drug-likeness (QED) is 0.321. The lowest BCUT2D eigenvalue weighted by Crippen LogP contribution is -2.32. The Bertz CT molecular complexity index is 1290. The molecule has 0 bridgehead atoms. The molecule has 3 aliphatic heterocycles. The van der Waals surface area contributed by atoms with Crippen LogP contribution in [0.1, 0.15) is 67.6 Å². The summed E-state index contributed by atoms with van der Waals surface area (Å²) in [5.41, 5.74) is 6.36. The molecule has 6 rings (SSSR count). The van der Waals surface area contributed by atoms with Gasteiger partial charge in [0.2, 0.25) is 0 Å². The Hall–Kier alpha value is -2.41. The second-order valence-electron chi connectivity index (χ2n) is 11.6. The molecule has 1 aromatic heterocycles. The summed E-state index contributed by atoms with van der Waals surface area (Å²) in [6.07, 6.45) is 5.07. The van der Waals surface area contributed by atoms with Crippen molar-refractivity contribution in [1.29, 1.82) is 0 Å². The van der Waals surface area contributed by atoms with Gasteiger partial charge in [-0.25, -0.2) is 4.68 Å². The number of carbonyl (C=O) groups is 1. The van der Waals surface area contributed by atoms with Gasteiger partial charge in [0.1, 0.15) is 5.69 Å². The molecule has 4 heterocycles. The number of hydrogen-bond donors (Lipinski definition) is 0. The van der Waals surface area contributed by atoms with E-state index in [0.29, 0.717) is 24.0 Å². The molecule has 2 fully saturated rings. The zero-order chi connectivity index (χ0) is 26.1. The topological polar surface area (TPSA) is 47.4 Å². The molecule has 2 saturated heterocycles. The summed E-state index contributed by atoms with van der Waals surface area (Å²) in [4.78, 5) is 17.6. The van der Waals surface area contributed by atoms with Crippen molar-refractivity contribution < 1.29 is 9.53 Å². The average Bonchev–Trinajstić information content (AvgIpc) is 3.23. The van der Waals surface area contributed by atoms with Crippen molar-refractivity contribution in [2.45, 2.75) is 63.1 Å². The summed E-state index contributed by atoms with van der Waals surface area (Å²) in [6, 6.07) is 17.3. The summed E-state index contributed by atoms with van der Waals surface area (Å²) < 4.78 is 7.76. The maximum Gasteiger partial charge on any atom is 0.183 e. The van der Waals surface area contributed by atoms with Crippen molar-refractivity contribution in [2.24, 2.45) is 17.8 Å². The fourth-order valence-corrected chi connectivity index (χ4v) is 7.31. The van der Waals surface area contributed by atoms with E-state index in [2.05, 4.69) is 72.0 Å². The first-order valence-electron chi connectivity index (χ1n) is 14.3. The number of nitrogens with zero attached hydrogens (tertiary/aromatic N) is 3. The highest BCUT2D eigenvalue weighted by molar-refractivity contribution is 7.98. The second-order valence-corrected chi connectivity index (χ2v) is 12.6. The highest BCUT2D eigenvalue weighted by Crippen LogP contribution is 2.44. The first-order valence-corrected chi connectivity index (χ1v) is 15.3. The second kappa shape index (κ2) is 11.4. The standard InChI is InChI=1S/C32H39N3O2S/c1-22-10-14-34(15-11-22)20-24-6-5-7-26(18-24)35-32-27-8-3-4-9-30(27)38-21-28(32)31(33-35)29(36)19-25-13-17-37-16-12-23(25)2/h3-9,18,22-23,25H,10-17,19-21H2,1-2H3. The molecule has 3 aromatic rings. The van der Waals surface area contributed by atoms with Crippen molar-refractivity contribution in [2.75, 3.05) is 26.3 Å². The molecule has 38 heavy (non-hydrogen) atoms. The van der Waals surface area contributed by atoms with Gasteiger partial charge >= 0.3 is 0 Å². The maximum atomic E-state index is 13.8. The summed E-state index contributed by atoms with van der Waals surface area (Å²) in [5, 5.41) is 5.08. The van der Waals surface area contributed by atoms with E-state index < -0.39 is 0 Å². The van der Waals surface area contributed by atoms with Gasteiger partial charge < -0.3 is 4.74 Å². The van der Waals surface area contributed by atoms with E-state index in [1.54, 1.807) is 0 Å². The van der Waals surface area contributed by atoms with E-state index in [4.69, 9.17) is 9.84 Å². The molecule has 0 saturated carbocycles. The Morgan fingerprint density at radius 2 is 1.84 bits per heavy atom. The number of fused-ring (bicyclic) bond motifs is 3. The number of ether oxygens (including phenoxy) is 1. The predicted octanol–water partition coefficient (Wildman–Crippen LogP) is 7.01. The lowest BCUT2D eigenvalue weighted by molar-refractivity contribution is 0.0934. The number of rotatable bonds is 6. The number of carbonyl (C=O) groups excluding carboxylic acids is 1. The Kier molecular flexibility index (Phi) is 7.73. The third kappa shape index (κ3) is 5.36. The van der Waals surface area contributed by atoms with Crippen LogP contribution < -0.4 is 0 Å². The molecule has 200 valence electrons. The largest absolute Gasteiger partial charge is 0.381 e. The van der Waals surface area contributed by atoms with Gasteiger partial charge in [-0.1, -0.05) is 44.2 Å². The highest BCUT2D eigenvalue weighted by Gasteiger charge is 2.31. The van der Waals surface area contributed by atoms with E-state index >= 15 is 0 Å². The van der Waals surface area contributed by atoms with Gasteiger partial charge in [0.05, 0.1) is 11.4 Å². The molecule has 2 unspecified atom stereocenters. The summed E-state index contributed by atoms with van der Waals surface area (Å²) in [6.45, 7) is 9.47. The van der Waals surface area contributed by atoms with Gasteiger partial charge in [-0.3, -0.25) is 9.69 Å². The van der Waals surface area contributed by atoms with Gasteiger partial charge in [0.25, 0.3) is 0 Å². The normalized spacial score (nSPS) is 22.5. The minimum Gasteiger partial charge on any atom is -0.381 e. The molecule has 0 spiro atoms. The van der Waals surface area contributed by atoms with E-state index in [1.807, 2.05) is 11.8 Å². The highest BCUT2D eigenvalue weighted by atomic mass is 32.2. The molecule has 2 atom stereocenters. The van der Waals surface area contributed by atoms with Crippen LogP contribution in [-0.4, -0.2) is 46.8 Å². The Morgan fingerprint density at radius 3 is 2.71 bits per heavy atom. The van der Waals surface area contributed by atoms with Crippen LogP contribution in [0.25, 0.3) is 16.9 Å². The van der Waals surface area contributed by atoms with E-state index in [9.17, 15) is 4.79 Å². The molecule has 0 N–H and O–H groups in total. The number of Topliss-reactive ketones (excluding diaryl/α,β-unsaturated/α-hetero) is 1. The van der Waals surface area contributed by atoms with Crippen molar-refractivity contribution >= 4 is 17.5 Å². The number of benzene rings is 2. The smallest absolute Gasteiger partial charge is 0.183 e. The maximum absolute atomic E-state index is 13.8. The molecule has 5 nitrogen and oxygen atoms in total. The number of aromatic nitrogens is 2. The first kappa shape index (κ1) is 25.8. The number of ketones is 1. The molecule has 0 aliphatic carbocycles. The number of piperidine rings is 1. The van der Waals surface area contributed by atoms with Gasteiger partial charge in [0, 0.05) is 48.0 Å². The first-order chi connectivity index (χ1) is 18.6. The number of likely N-dealkylation sites (tertiary alicyclic amines) is 1. The van der Waals surface area contributed by atoms with Crippen LogP contribution in [0.3, 0.4) is 0 Å². The minimum absolute atomic E-state index is 0.178. The number of hydrogen-bond acceptors (Lipinski definition) is 5. The zero-order valence-corrected chi connectivity index (χ0v) is 23.5. The summed E-state index contributed by atoms with van der Waals surface area (Å²) in [5.74, 6) is 2.63. The van der Waals surface area contributed by atoms with Crippen LogP contribution in [-0.2, 0) is 17.0 Å². The van der Waals surface area contributed by atoms with Crippen LogP contribution in [0.15, 0.2) is 53.4 Å². The van der Waals surface area contributed by atoms with Gasteiger partial charge in [-0.2, -0.15) is 5.10 Å². The van der Waals surface area contributed by atoms with Gasteiger partial charge in [-0.05, 0) is 80.3 Å². The van der Waals surface area contributed by atoms with Gasteiger partial charge in [-0.15, -0.1) is 11.8 Å². The lowest BCUT2D eigenvalue weighted by Gasteiger charge is -2.30. The van der Waals surface area contributed by atoms with Gasteiger partial charge in [0.15, 0.2) is 5.78 Å². The van der Waals surface area contributed by atoms with Crippen LogP contribution in [0.4, 0.5) is 0 Å². The molecular formula is C32H39N3O2S. The number of thioether (sulfide) groups is 1. The van der Waals surface area contributed by atoms with Crippen LogP contribution in [0, 0.1) is 17.8 Å². The fourth-order valence-electron chi connectivity index (χ4n) is 6.24. The third-order valence-electron chi connectivity index (χ3n) is 8.80. The van der Waals surface area contributed by atoms with Crippen molar-refractivity contribution in [3.63, 3.8) is 0 Å². The van der Waals surface area contributed by atoms with E-state index in [1.165, 1.54) is 28.9 Å². The minimum atomic E-state index is 0.178. The molecule has 0 amide bonds. The molecule has 6 heteroatoms.